The van der Waals surface area contributed by atoms with Gasteiger partial charge in [-0.05, 0) is 12.8 Å². The Morgan fingerprint density at radius 1 is 0.793 bits per heavy atom. The molecule has 0 bridgehead atoms. The maximum Gasteiger partial charge on any atom is 0.331 e. The van der Waals surface area contributed by atoms with Gasteiger partial charge in [-0.2, -0.15) is 0 Å². The summed E-state index contributed by atoms with van der Waals surface area (Å²) < 4.78 is 4.84. The van der Waals surface area contributed by atoms with E-state index in [4.69, 9.17) is 14.9 Å². The summed E-state index contributed by atoms with van der Waals surface area (Å²) in [6.07, 6.45) is 23.9. The van der Waals surface area contributed by atoms with E-state index >= 15 is 0 Å². The number of carbonyl (C=O) groups is 1. The molecule has 0 aromatic heterocycles. The quantitative estimate of drug-likeness (QED) is 0.125. The van der Waals surface area contributed by atoms with Crippen LogP contribution in [0.2, 0.25) is 0 Å². The van der Waals surface area contributed by atoms with Crippen molar-refractivity contribution in [2.24, 2.45) is 0 Å². The molecule has 0 aliphatic rings. The lowest BCUT2D eigenvalue weighted by Crippen LogP contribution is -2.36. The third kappa shape index (κ3) is 18.3. The van der Waals surface area contributed by atoms with E-state index in [2.05, 4.69) is 13.0 Å². The summed E-state index contributed by atoms with van der Waals surface area (Å²) in [7, 11) is 0. The number of carbonyl (C=O) groups excluding carboxylic acids is 1. The molecule has 0 radical (unpaired) electrons. The van der Waals surface area contributed by atoms with E-state index in [0.29, 0.717) is 0 Å². The fourth-order valence-corrected chi connectivity index (χ4v) is 2.91. The lowest BCUT2D eigenvalue weighted by atomic mass is 10.1. The van der Waals surface area contributed by atoms with Crippen molar-refractivity contribution >= 4 is 5.97 Å². The molecule has 0 aliphatic carbocycles. The van der Waals surface area contributed by atoms with Gasteiger partial charge in [-0.3, -0.25) is 0 Å². The van der Waals surface area contributed by atoms with E-state index in [1.807, 2.05) is 12.2 Å². The van der Waals surface area contributed by atoms with Crippen molar-refractivity contribution in [3.8, 4) is 0 Å². The van der Waals surface area contributed by atoms with Crippen LogP contribution in [0.25, 0.3) is 0 Å². The van der Waals surface area contributed by atoms with Crippen LogP contribution in [-0.4, -0.2) is 46.7 Å². The van der Waals surface area contributed by atoms with Crippen molar-refractivity contribution < 1.29 is 24.9 Å². The van der Waals surface area contributed by atoms with E-state index in [1.54, 1.807) is 6.08 Å². The highest BCUT2D eigenvalue weighted by molar-refractivity contribution is 5.82. The predicted octanol–water partition coefficient (Wildman–Crippen LogP) is 4.61. The molecule has 0 rings (SSSR count). The molecular formula is C24H42O5. The van der Waals surface area contributed by atoms with E-state index in [1.165, 1.54) is 82.8 Å². The Balaban J connectivity index is 3.61. The average molecular weight is 411 g/mol. The van der Waals surface area contributed by atoms with Crippen molar-refractivity contribution in [1.82, 2.24) is 0 Å². The van der Waals surface area contributed by atoms with E-state index in [0.717, 1.165) is 6.42 Å². The van der Waals surface area contributed by atoms with Gasteiger partial charge in [0.05, 0.1) is 13.2 Å². The van der Waals surface area contributed by atoms with Crippen molar-refractivity contribution in [1.29, 1.82) is 0 Å². The van der Waals surface area contributed by atoms with Crippen LogP contribution in [0.3, 0.4) is 0 Å². The van der Waals surface area contributed by atoms with Crippen molar-refractivity contribution in [3.05, 3.63) is 36.5 Å². The van der Waals surface area contributed by atoms with Gasteiger partial charge in [-0.1, -0.05) is 102 Å². The van der Waals surface area contributed by atoms with Gasteiger partial charge in [0.1, 0.15) is 6.10 Å². The Labute approximate surface area is 177 Å². The standard InChI is InChI=1S/C24H42O5/c1-2-3-4-5-6-7-8-9-10-11-12-13-14-15-16-17-18-19-24(28)29-23(21-26)22(27)20-25/h14-19,22-23,25-27H,2-13,20-21H2,1H3. The minimum atomic E-state index is -1.29. The molecule has 2 unspecified atom stereocenters. The Bertz CT molecular complexity index is 456. The third-order valence-electron chi connectivity index (χ3n) is 4.74. The first-order chi connectivity index (χ1) is 14.2. The Morgan fingerprint density at radius 3 is 1.90 bits per heavy atom. The molecule has 3 N–H and O–H groups in total. The monoisotopic (exact) mass is 410 g/mol. The van der Waals surface area contributed by atoms with E-state index < -0.39 is 31.4 Å². The highest BCUT2D eigenvalue weighted by Gasteiger charge is 2.20. The molecule has 168 valence electrons. The molecule has 0 aromatic carbocycles. The van der Waals surface area contributed by atoms with Gasteiger partial charge >= 0.3 is 5.97 Å². The molecule has 29 heavy (non-hydrogen) atoms. The third-order valence-corrected chi connectivity index (χ3v) is 4.74. The molecule has 0 spiro atoms. The minimum Gasteiger partial charge on any atom is -0.454 e. The van der Waals surface area contributed by atoms with Crippen molar-refractivity contribution in [2.45, 2.75) is 96.2 Å². The van der Waals surface area contributed by atoms with Gasteiger partial charge in [-0.15, -0.1) is 0 Å². The summed E-state index contributed by atoms with van der Waals surface area (Å²) in [5.41, 5.74) is 0. The van der Waals surface area contributed by atoms with E-state index in [-0.39, 0.29) is 0 Å². The van der Waals surface area contributed by atoms with Crippen LogP contribution >= 0.6 is 0 Å². The number of allylic oxidation sites excluding steroid dienone is 5. The number of rotatable bonds is 19. The lowest BCUT2D eigenvalue weighted by Gasteiger charge is -2.18. The molecule has 0 amide bonds. The van der Waals surface area contributed by atoms with Gasteiger partial charge in [0.15, 0.2) is 6.10 Å². The van der Waals surface area contributed by atoms with Gasteiger partial charge in [-0.25, -0.2) is 4.79 Å². The number of hydrogen-bond acceptors (Lipinski definition) is 5. The molecule has 2 atom stereocenters. The summed E-state index contributed by atoms with van der Waals surface area (Å²) in [4.78, 5) is 11.5. The number of hydrogen-bond donors (Lipinski definition) is 3. The van der Waals surface area contributed by atoms with Gasteiger partial charge in [0.2, 0.25) is 0 Å². The molecule has 0 fully saturated rings. The summed E-state index contributed by atoms with van der Waals surface area (Å²) in [5.74, 6) is -0.675. The smallest absolute Gasteiger partial charge is 0.331 e. The normalized spacial score (nSPS) is 14.2. The fraction of sp³-hybridized carbons (Fsp3) is 0.708. The molecule has 5 heteroatoms. The molecule has 0 aromatic rings. The Hall–Kier alpha value is -1.43. The van der Waals surface area contributed by atoms with Gasteiger partial charge < -0.3 is 20.1 Å². The zero-order valence-electron chi connectivity index (χ0n) is 18.2. The molecule has 0 heterocycles. The summed E-state index contributed by atoms with van der Waals surface area (Å²) in [6.45, 7) is 1.14. The maximum atomic E-state index is 11.5. The first-order valence-electron chi connectivity index (χ1n) is 11.3. The maximum absolute atomic E-state index is 11.5. The van der Waals surface area contributed by atoms with Crippen molar-refractivity contribution in [2.75, 3.05) is 13.2 Å². The molecule has 0 saturated heterocycles. The van der Waals surface area contributed by atoms with Gasteiger partial charge in [0.25, 0.3) is 0 Å². The fourth-order valence-electron chi connectivity index (χ4n) is 2.91. The summed E-state index contributed by atoms with van der Waals surface area (Å²) in [5, 5.41) is 27.1. The van der Waals surface area contributed by atoms with Gasteiger partial charge in [0, 0.05) is 6.08 Å². The summed E-state index contributed by atoms with van der Waals surface area (Å²) in [6, 6.07) is 0. The number of ether oxygens (including phenoxy) is 1. The number of aliphatic hydroxyl groups is 3. The Morgan fingerprint density at radius 2 is 1.34 bits per heavy atom. The average Bonchev–Trinajstić information content (AvgIpc) is 2.73. The second-order valence-corrected chi connectivity index (χ2v) is 7.40. The summed E-state index contributed by atoms with van der Waals surface area (Å²) >= 11 is 0. The largest absolute Gasteiger partial charge is 0.454 e. The highest BCUT2D eigenvalue weighted by atomic mass is 16.6. The van der Waals surface area contributed by atoms with Crippen LogP contribution < -0.4 is 0 Å². The predicted molar refractivity (Wildman–Crippen MR) is 119 cm³/mol. The highest BCUT2D eigenvalue weighted by Crippen LogP contribution is 2.12. The van der Waals surface area contributed by atoms with Crippen LogP contribution in [-0.2, 0) is 9.53 Å². The SMILES string of the molecule is CCCCCCCCCCCCCC=CC=CC=CC(=O)OC(CO)C(O)CO. The first-order valence-corrected chi connectivity index (χ1v) is 11.3. The van der Waals surface area contributed by atoms with Crippen LogP contribution in [0.5, 0.6) is 0 Å². The van der Waals surface area contributed by atoms with Crippen molar-refractivity contribution in [3.63, 3.8) is 0 Å². The first kappa shape index (κ1) is 27.6. The molecular weight excluding hydrogens is 368 g/mol. The number of esters is 1. The number of unbranched alkanes of at least 4 members (excludes halogenated alkanes) is 11. The lowest BCUT2D eigenvalue weighted by molar-refractivity contribution is -0.153. The second-order valence-electron chi connectivity index (χ2n) is 7.40. The molecule has 0 saturated carbocycles. The molecule has 0 aliphatic heterocycles. The zero-order chi connectivity index (χ0) is 21.6. The van der Waals surface area contributed by atoms with Crippen LogP contribution in [0.15, 0.2) is 36.5 Å². The number of aliphatic hydroxyl groups excluding tert-OH is 3. The minimum absolute atomic E-state index is 0.543. The second kappa shape index (κ2) is 21.3. The van der Waals surface area contributed by atoms with Crippen LogP contribution in [0.1, 0.15) is 84.0 Å². The molecule has 5 nitrogen and oxygen atoms in total. The van der Waals surface area contributed by atoms with Crippen LogP contribution in [0, 0.1) is 0 Å². The zero-order valence-corrected chi connectivity index (χ0v) is 18.2. The topological polar surface area (TPSA) is 87.0 Å². The van der Waals surface area contributed by atoms with E-state index in [9.17, 15) is 9.90 Å². The Kier molecular flexibility index (Phi) is 20.2. The van der Waals surface area contributed by atoms with Crippen LogP contribution in [0.4, 0.5) is 0 Å².